The molecule has 0 saturated heterocycles. The summed E-state index contributed by atoms with van der Waals surface area (Å²) in [5, 5.41) is 9.00. The normalized spacial score (nSPS) is 10.8. The lowest BCUT2D eigenvalue weighted by Crippen LogP contribution is -2.01. The maximum Gasteiger partial charge on any atom is 0.135 e. The SMILES string of the molecule is OCCOc1ccc(Oc2ccccc2)c(-c2ccc3ncsc3c2)c1. The van der Waals surface area contributed by atoms with Crippen LogP contribution in [-0.4, -0.2) is 23.3 Å². The molecule has 0 spiro atoms. The highest BCUT2D eigenvalue weighted by Crippen LogP contribution is 2.37. The van der Waals surface area contributed by atoms with Gasteiger partial charge in [0.2, 0.25) is 0 Å². The molecule has 0 radical (unpaired) electrons. The Bertz CT molecular complexity index is 1010. The lowest BCUT2D eigenvalue weighted by atomic mass is 10.0. The smallest absolute Gasteiger partial charge is 0.135 e. The Morgan fingerprint density at radius 3 is 2.65 bits per heavy atom. The second-order valence-electron chi connectivity index (χ2n) is 5.68. The van der Waals surface area contributed by atoms with Crippen LogP contribution in [0.25, 0.3) is 21.3 Å². The molecule has 0 fully saturated rings. The number of rotatable bonds is 6. The molecule has 0 aliphatic heterocycles. The van der Waals surface area contributed by atoms with Crippen molar-refractivity contribution in [2.75, 3.05) is 13.2 Å². The maximum atomic E-state index is 9.00. The van der Waals surface area contributed by atoms with Crippen molar-refractivity contribution in [3.05, 3.63) is 72.2 Å². The third kappa shape index (κ3) is 3.54. The standard InChI is InChI=1S/C21H17NO3S/c23-10-11-24-17-7-9-20(25-16-4-2-1-3-5-16)18(13-17)15-6-8-19-21(12-15)26-14-22-19/h1-9,12-14,23H,10-11H2. The molecule has 4 rings (SSSR count). The van der Waals surface area contributed by atoms with E-state index in [1.165, 1.54) is 0 Å². The van der Waals surface area contributed by atoms with Crippen molar-refractivity contribution < 1.29 is 14.6 Å². The highest BCUT2D eigenvalue weighted by atomic mass is 32.1. The van der Waals surface area contributed by atoms with Crippen LogP contribution in [0.1, 0.15) is 0 Å². The number of fused-ring (bicyclic) bond motifs is 1. The van der Waals surface area contributed by atoms with Crippen molar-refractivity contribution in [3.8, 4) is 28.4 Å². The van der Waals surface area contributed by atoms with Crippen LogP contribution in [0.5, 0.6) is 17.2 Å². The summed E-state index contributed by atoms with van der Waals surface area (Å²) < 4.78 is 12.8. The minimum Gasteiger partial charge on any atom is -0.491 e. The van der Waals surface area contributed by atoms with E-state index in [0.717, 1.165) is 32.8 Å². The van der Waals surface area contributed by atoms with Crippen LogP contribution in [-0.2, 0) is 0 Å². The Kier molecular flexibility index (Phi) is 4.82. The molecule has 0 aliphatic rings. The largest absolute Gasteiger partial charge is 0.491 e. The average Bonchev–Trinajstić information content (AvgIpc) is 3.16. The summed E-state index contributed by atoms with van der Waals surface area (Å²) in [4.78, 5) is 4.34. The third-order valence-electron chi connectivity index (χ3n) is 3.92. The van der Waals surface area contributed by atoms with Gasteiger partial charge in [-0.05, 0) is 48.0 Å². The van der Waals surface area contributed by atoms with Crippen molar-refractivity contribution in [2.45, 2.75) is 0 Å². The van der Waals surface area contributed by atoms with Crippen molar-refractivity contribution in [1.29, 1.82) is 0 Å². The average molecular weight is 363 g/mol. The van der Waals surface area contributed by atoms with E-state index >= 15 is 0 Å². The molecule has 0 saturated carbocycles. The summed E-state index contributed by atoms with van der Waals surface area (Å²) >= 11 is 1.61. The molecule has 1 aromatic heterocycles. The molecule has 0 aliphatic carbocycles. The fourth-order valence-corrected chi connectivity index (χ4v) is 3.43. The van der Waals surface area contributed by atoms with Gasteiger partial charge in [-0.15, -0.1) is 11.3 Å². The summed E-state index contributed by atoms with van der Waals surface area (Å²) in [6.07, 6.45) is 0. The van der Waals surface area contributed by atoms with Gasteiger partial charge < -0.3 is 14.6 Å². The summed E-state index contributed by atoms with van der Waals surface area (Å²) in [5.74, 6) is 2.21. The third-order valence-corrected chi connectivity index (χ3v) is 4.72. The predicted molar refractivity (Wildman–Crippen MR) is 104 cm³/mol. The van der Waals surface area contributed by atoms with Gasteiger partial charge in [0.05, 0.1) is 22.3 Å². The zero-order valence-corrected chi connectivity index (χ0v) is 14.8. The molecule has 4 nitrogen and oxygen atoms in total. The van der Waals surface area contributed by atoms with Crippen LogP contribution >= 0.6 is 11.3 Å². The Morgan fingerprint density at radius 1 is 0.923 bits per heavy atom. The van der Waals surface area contributed by atoms with E-state index in [2.05, 4.69) is 11.1 Å². The summed E-state index contributed by atoms with van der Waals surface area (Å²) in [7, 11) is 0. The minimum atomic E-state index is -0.0234. The van der Waals surface area contributed by atoms with Gasteiger partial charge in [0.25, 0.3) is 0 Å². The summed E-state index contributed by atoms with van der Waals surface area (Å²) in [6, 6.07) is 21.5. The summed E-state index contributed by atoms with van der Waals surface area (Å²) in [5.41, 5.74) is 4.79. The Labute approximate surface area is 155 Å². The molecule has 1 N–H and O–H groups in total. The zero-order valence-electron chi connectivity index (χ0n) is 14.0. The zero-order chi connectivity index (χ0) is 17.8. The van der Waals surface area contributed by atoms with Crippen LogP contribution in [0.3, 0.4) is 0 Å². The second kappa shape index (κ2) is 7.56. The second-order valence-corrected chi connectivity index (χ2v) is 6.57. The molecule has 1 heterocycles. The number of aliphatic hydroxyl groups is 1. The van der Waals surface area contributed by atoms with Gasteiger partial charge in [0, 0.05) is 5.56 Å². The molecule has 130 valence electrons. The molecule has 0 unspecified atom stereocenters. The molecule has 3 aromatic carbocycles. The number of aromatic nitrogens is 1. The highest BCUT2D eigenvalue weighted by Gasteiger charge is 2.11. The number of aliphatic hydroxyl groups excluding tert-OH is 1. The van der Waals surface area contributed by atoms with E-state index in [-0.39, 0.29) is 13.2 Å². The van der Waals surface area contributed by atoms with Gasteiger partial charge in [-0.2, -0.15) is 0 Å². The maximum absolute atomic E-state index is 9.00. The van der Waals surface area contributed by atoms with Gasteiger partial charge in [-0.25, -0.2) is 4.98 Å². The van der Waals surface area contributed by atoms with E-state index < -0.39 is 0 Å². The van der Waals surface area contributed by atoms with E-state index in [9.17, 15) is 0 Å². The van der Waals surface area contributed by atoms with E-state index in [1.807, 2.05) is 66.2 Å². The van der Waals surface area contributed by atoms with Crippen LogP contribution in [0.4, 0.5) is 0 Å². The lowest BCUT2D eigenvalue weighted by molar-refractivity contribution is 0.201. The Morgan fingerprint density at radius 2 is 1.81 bits per heavy atom. The molecular formula is C21H17NO3S. The lowest BCUT2D eigenvalue weighted by Gasteiger charge is -2.14. The van der Waals surface area contributed by atoms with Crippen molar-refractivity contribution in [2.24, 2.45) is 0 Å². The van der Waals surface area contributed by atoms with Crippen LogP contribution in [0.15, 0.2) is 72.2 Å². The highest BCUT2D eigenvalue weighted by molar-refractivity contribution is 7.16. The summed E-state index contributed by atoms with van der Waals surface area (Å²) in [6.45, 7) is 0.233. The molecule has 0 bridgehead atoms. The first-order valence-electron chi connectivity index (χ1n) is 8.28. The van der Waals surface area contributed by atoms with Crippen molar-refractivity contribution >= 4 is 21.6 Å². The molecule has 26 heavy (non-hydrogen) atoms. The molecule has 0 amide bonds. The van der Waals surface area contributed by atoms with Crippen LogP contribution in [0, 0.1) is 0 Å². The van der Waals surface area contributed by atoms with Crippen molar-refractivity contribution in [1.82, 2.24) is 4.98 Å². The van der Waals surface area contributed by atoms with Gasteiger partial charge >= 0.3 is 0 Å². The first-order valence-corrected chi connectivity index (χ1v) is 9.16. The number of para-hydroxylation sites is 1. The minimum absolute atomic E-state index is 0.0234. The van der Waals surface area contributed by atoms with Crippen molar-refractivity contribution in [3.63, 3.8) is 0 Å². The molecule has 4 aromatic rings. The van der Waals surface area contributed by atoms with Gasteiger partial charge in [0.1, 0.15) is 23.9 Å². The van der Waals surface area contributed by atoms with Gasteiger partial charge in [-0.3, -0.25) is 0 Å². The number of hydrogen-bond acceptors (Lipinski definition) is 5. The van der Waals surface area contributed by atoms with E-state index in [4.69, 9.17) is 14.6 Å². The molecule has 0 atom stereocenters. The topological polar surface area (TPSA) is 51.6 Å². The van der Waals surface area contributed by atoms with Crippen LogP contribution < -0.4 is 9.47 Å². The predicted octanol–water partition coefficient (Wildman–Crippen LogP) is 5.13. The molecule has 5 heteroatoms. The number of hydrogen-bond donors (Lipinski definition) is 1. The number of ether oxygens (including phenoxy) is 2. The number of thiazole rings is 1. The van der Waals surface area contributed by atoms with Crippen LogP contribution in [0.2, 0.25) is 0 Å². The number of benzene rings is 3. The quantitative estimate of drug-likeness (QED) is 0.516. The monoisotopic (exact) mass is 363 g/mol. The molecular weight excluding hydrogens is 346 g/mol. The fraction of sp³-hybridized carbons (Fsp3) is 0.0952. The van der Waals surface area contributed by atoms with E-state index in [1.54, 1.807) is 11.3 Å². The Hall–Kier alpha value is -2.89. The first kappa shape index (κ1) is 16.6. The van der Waals surface area contributed by atoms with Gasteiger partial charge in [-0.1, -0.05) is 24.3 Å². The van der Waals surface area contributed by atoms with E-state index in [0.29, 0.717) is 5.75 Å². The first-order chi connectivity index (χ1) is 12.8. The Balaban J connectivity index is 1.77. The fourth-order valence-electron chi connectivity index (χ4n) is 2.72. The number of nitrogens with zero attached hydrogens (tertiary/aromatic N) is 1. The van der Waals surface area contributed by atoms with Gasteiger partial charge in [0.15, 0.2) is 0 Å².